The highest BCUT2D eigenvalue weighted by molar-refractivity contribution is 8.04. The van der Waals surface area contributed by atoms with Crippen molar-refractivity contribution in [2.24, 2.45) is 11.8 Å². The first-order chi connectivity index (χ1) is 6.42. The third-order valence-electron chi connectivity index (χ3n) is 3.17. The minimum Gasteiger partial charge on any atom is -0.198 e. The molecule has 3 aliphatic rings. The predicted molar refractivity (Wildman–Crippen MR) is 47.2 cm³/mol. The molecule has 0 spiro atoms. The van der Waals surface area contributed by atoms with Crippen molar-refractivity contribution in [3.63, 3.8) is 0 Å². The van der Waals surface area contributed by atoms with E-state index in [1.54, 1.807) is 12.2 Å². The molecule has 0 aromatic heterocycles. The topological polar surface area (TPSA) is 77.5 Å². The molecule has 4 atom stereocenters. The highest BCUT2D eigenvalue weighted by Gasteiger charge is 2.64. The van der Waals surface area contributed by atoms with Crippen LogP contribution in [0.15, 0.2) is 12.2 Å². The SMILES string of the molecule is O=S1(=O)OS(=O)(=O)C2C3C=CC(C3)C21. The number of allylic oxidation sites excluding steroid dienone is 2. The fraction of sp³-hybridized carbons (Fsp3) is 0.714. The van der Waals surface area contributed by atoms with Gasteiger partial charge in [-0.2, -0.15) is 16.8 Å². The van der Waals surface area contributed by atoms with Gasteiger partial charge >= 0.3 is 0 Å². The minimum absolute atomic E-state index is 0.174. The lowest BCUT2D eigenvalue weighted by Gasteiger charge is -2.13. The Morgan fingerprint density at radius 3 is 1.79 bits per heavy atom. The van der Waals surface area contributed by atoms with Crippen molar-refractivity contribution in [1.82, 2.24) is 0 Å². The molecule has 1 heterocycles. The van der Waals surface area contributed by atoms with Crippen molar-refractivity contribution in [2.45, 2.75) is 16.9 Å². The predicted octanol–water partition coefficient (Wildman–Crippen LogP) is -0.381. The first-order valence-electron chi connectivity index (χ1n) is 4.29. The lowest BCUT2D eigenvalue weighted by molar-refractivity contribution is 0.465. The van der Waals surface area contributed by atoms with Crippen LogP contribution in [0.5, 0.6) is 0 Å². The number of fused-ring (bicyclic) bond motifs is 5. The summed E-state index contributed by atoms with van der Waals surface area (Å²) in [6.07, 6.45) is 4.19. The summed E-state index contributed by atoms with van der Waals surface area (Å²) in [5.74, 6) is -0.348. The second-order valence-electron chi connectivity index (χ2n) is 3.93. The van der Waals surface area contributed by atoms with Gasteiger partial charge in [0.05, 0.1) is 0 Å². The highest BCUT2D eigenvalue weighted by Crippen LogP contribution is 2.50. The normalized spacial score (nSPS) is 50.9. The first kappa shape index (κ1) is 8.87. The Bertz CT molecular complexity index is 468. The summed E-state index contributed by atoms with van der Waals surface area (Å²) in [4.78, 5) is 0. The number of hydrogen-bond donors (Lipinski definition) is 0. The Balaban J connectivity index is 2.25. The second kappa shape index (κ2) is 2.23. The molecular weight excluding hydrogens is 228 g/mol. The molecule has 4 unspecified atom stereocenters. The Hall–Kier alpha value is -0.400. The van der Waals surface area contributed by atoms with Crippen LogP contribution < -0.4 is 0 Å². The van der Waals surface area contributed by atoms with Crippen molar-refractivity contribution in [3.05, 3.63) is 12.2 Å². The summed E-state index contributed by atoms with van der Waals surface area (Å²) in [7, 11) is -7.80. The monoisotopic (exact) mass is 236 g/mol. The molecule has 3 rings (SSSR count). The lowest BCUT2D eigenvalue weighted by Crippen LogP contribution is -2.32. The van der Waals surface area contributed by atoms with Crippen LogP contribution in [-0.2, 0) is 23.9 Å². The van der Waals surface area contributed by atoms with Crippen LogP contribution in [0.3, 0.4) is 0 Å². The van der Waals surface area contributed by atoms with Crippen LogP contribution in [0.4, 0.5) is 0 Å². The summed E-state index contributed by atoms with van der Waals surface area (Å²) in [6.45, 7) is 0. The maximum Gasteiger partial charge on any atom is 0.286 e. The van der Waals surface area contributed by atoms with Crippen molar-refractivity contribution in [3.8, 4) is 0 Å². The van der Waals surface area contributed by atoms with Gasteiger partial charge in [-0.25, -0.2) is 0 Å². The van der Waals surface area contributed by atoms with E-state index < -0.39 is 30.7 Å². The Morgan fingerprint density at radius 1 is 0.929 bits per heavy atom. The van der Waals surface area contributed by atoms with Gasteiger partial charge in [-0.1, -0.05) is 12.2 Å². The average molecular weight is 236 g/mol. The van der Waals surface area contributed by atoms with Crippen molar-refractivity contribution in [2.75, 3.05) is 0 Å². The first-order valence-corrected chi connectivity index (χ1v) is 7.23. The van der Waals surface area contributed by atoms with Gasteiger partial charge in [0, 0.05) is 0 Å². The largest absolute Gasteiger partial charge is 0.286 e. The van der Waals surface area contributed by atoms with E-state index in [4.69, 9.17) is 0 Å². The molecule has 0 N–H and O–H groups in total. The van der Waals surface area contributed by atoms with E-state index in [2.05, 4.69) is 3.63 Å². The van der Waals surface area contributed by atoms with Crippen LogP contribution in [0.1, 0.15) is 6.42 Å². The molecule has 0 aromatic rings. The molecule has 1 saturated carbocycles. The molecule has 0 radical (unpaired) electrons. The number of rotatable bonds is 0. The Morgan fingerprint density at radius 2 is 1.36 bits per heavy atom. The van der Waals surface area contributed by atoms with Gasteiger partial charge < -0.3 is 0 Å². The smallest absolute Gasteiger partial charge is 0.198 e. The molecule has 1 aliphatic heterocycles. The quantitative estimate of drug-likeness (QED) is 0.536. The molecule has 78 valence electrons. The fourth-order valence-corrected chi connectivity index (χ4v) is 7.63. The Kier molecular flexibility index (Phi) is 1.41. The van der Waals surface area contributed by atoms with Gasteiger partial charge in [-0.15, -0.1) is 3.63 Å². The maximum absolute atomic E-state index is 11.4. The van der Waals surface area contributed by atoms with Gasteiger partial charge in [-0.3, -0.25) is 0 Å². The van der Waals surface area contributed by atoms with E-state index in [9.17, 15) is 16.8 Å². The lowest BCUT2D eigenvalue weighted by atomic mass is 10.1. The average Bonchev–Trinajstić information content (AvgIpc) is 2.61. The van der Waals surface area contributed by atoms with Crippen molar-refractivity contribution < 1.29 is 20.5 Å². The molecule has 0 aromatic carbocycles. The zero-order valence-corrected chi connectivity index (χ0v) is 8.66. The van der Waals surface area contributed by atoms with Crippen LogP contribution in [0.2, 0.25) is 0 Å². The van der Waals surface area contributed by atoms with E-state index >= 15 is 0 Å². The molecule has 14 heavy (non-hydrogen) atoms. The van der Waals surface area contributed by atoms with Gasteiger partial charge in [0.1, 0.15) is 10.5 Å². The van der Waals surface area contributed by atoms with E-state index in [1.165, 1.54) is 0 Å². The van der Waals surface area contributed by atoms with Gasteiger partial charge in [0.15, 0.2) is 0 Å². The van der Waals surface area contributed by atoms with E-state index in [0.717, 1.165) is 0 Å². The molecule has 1 saturated heterocycles. The minimum atomic E-state index is -3.90. The molecule has 7 heteroatoms. The summed E-state index contributed by atoms with van der Waals surface area (Å²) in [5, 5.41) is -1.72. The zero-order valence-electron chi connectivity index (χ0n) is 7.03. The Labute approximate surface area is 82.0 Å². The highest BCUT2D eigenvalue weighted by atomic mass is 32.3. The maximum atomic E-state index is 11.4. The van der Waals surface area contributed by atoms with Crippen molar-refractivity contribution in [1.29, 1.82) is 0 Å². The molecule has 2 fully saturated rings. The second-order valence-corrected chi connectivity index (χ2v) is 7.54. The van der Waals surface area contributed by atoms with E-state index in [1.807, 2.05) is 0 Å². The molecule has 0 amide bonds. The summed E-state index contributed by atoms with van der Waals surface area (Å²) in [5.41, 5.74) is 0. The van der Waals surface area contributed by atoms with Crippen LogP contribution in [0.25, 0.3) is 0 Å². The molecule has 2 aliphatic carbocycles. The number of hydrogen-bond acceptors (Lipinski definition) is 5. The van der Waals surface area contributed by atoms with Crippen LogP contribution >= 0.6 is 0 Å². The van der Waals surface area contributed by atoms with E-state index in [-0.39, 0.29) is 11.8 Å². The molecule has 5 nitrogen and oxygen atoms in total. The standard InChI is InChI=1S/C7H8O5S2/c8-13(9)6-4-1-2-5(3-4)7(6)14(10,11)12-13/h1-2,4-7H,3H2. The van der Waals surface area contributed by atoms with E-state index in [0.29, 0.717) is 6.42 Å². The third-order valence-corrected chi connectivity index (χ3v) is 7.48. The van der Waals surface area contributed by atoms with Crippen LogP contribution in [-0.4, -0.2) is 27.3 Å². The third kappa shape index (κ3) is 0.875. The zero-order chi connectivity index (χ0) is 10.1. The van der Waals surface area contributed by atoms with Gasteiger partial charge in [-0.05, 0) is 18.3 Å². The molecule has 2 bridgehead atoms. The summed E-state index contributed by atoms with van der Waals surface area (Å²) >= 11 is 0. The van der Waals surface area contributed by atoms with Gasteiger partial charge in [0.2, 0.25) is 0 Å². The summed E-state index contributed by atoms with van der Waals surface area (Å²) in [6, 6.07) is 0. The molecular formula is C7H8O5S2. The summed E-state index contributed by atoms with van der Waals surface area (Å²) < 4.78 is 49.8. The fourth-order valence-electron chi connectivity index (χ4n) is 2.71. The van der Waals surface area contributed by atoms with Crippen LogP contribution in [0, 0.1) is 11.8 Å². The van der Waals surface area contributed by atoms with Gasteiger partial charge in [0.25, 0.3) is 20.2 Å². The van der Waals surface area contributed by atoms with Crippen molar-refractivity contribution >= 4 is 20.2 Å².